The summed E-state index contributed by atoms with van der Waals surface area (Å²) in [7, 11) is -2.45. The minimum atomic E-state index is -3.81. The monoisotopic (exact) mass is 288 g/mol. The van der Waals surface area contributed by atoms with Crippen LogP contribution in [-0.2, 0) is 10.0 Å². The van der Waals surface area contributed by atoms with Crippen LogP contribution in [0.5, 0.6) is 5.75 Å². The molecule has 0 radical (unpaired) electrons. The maximum atomic E-state index is 12.1. The predicted molar refractivity (Wildman–Crippen MR) is 65.2 cm³/mol. The van der Waals surface area contributed by atoms with Crippen molar-refractivity contribution in [2.75, 3.05) is 11.8 Å². The quantitative estimate of drug-likeness (QED) is 0.883. The van der Waals surface area contributed by atoms with E-state index < -0.39 is 10.0 Å². The molecule has 1 aromatic heterocycles. The number of methoxy groups -OCH3 is 1. The SMILES string of the molecule is COc1cc(Cl)ccc1S(=O)(=O)Nc1ncn[nH]1. The van der Waals surface area contributed by atoms with Gasteiger partial charge >= 0.3 is 0 Å². The molecule has 2 rings (SSSR count). The lowest BCUT2D eigenvalue weighted by Crippen LogP contribution is -2.15. The lowest BCUT2D eigenvalue weighted by Gasteiger charge is -2.09. The van der Waals surface area contributed by atoms with Crippen LogP contribution in [0.25, 0.3) is 0 Å². The Balaban J connectivity index is 2.41. The number of anilines is 1. The largest absolute Gasteiger partial charge is 0.495 e. The molecule has 0 aliphatic carbocycles. The Bertz CT molecular complexity index is 642. The minimum absolute atomic E-state index is 0.0204. The summed E-state index contributed by atoms with van der Waals surface area (Å²) in [5.74, 6) is 0.168. The molecule has 96 valence electrons. The van der Waals surface area contributed by atoms with Crippen LogP contribution in [0, 0.1) is 0 Å². The van der Waals surface area contributed by atoms with Gasteiger partial charge in [0.1, 0.15) is 17.0 Å². The molecular formula is C9H9ClN4O3S. The zero-order valence-corrected chi connectivity index (χ0v) is 10.8. The Kier molecular flexibility index (Phi) is 3.39. The van der Waals surface area contributed by atoms with Crippen LogP contribution >= 0.6 is 11.6 Å². The molecule has 7 nitrogen and oxygen atoms in total. The third-order valence-electron chi connectivity index (χ3n) is 2.06. The van der Waals surface area contributed by atoms with Crippen LogP contribution in [0.15, 0.2) is 29.4 Å². The first kappa shape index (κ1) is 12.7. The smallest absolute Gasteiger partial charge is 0.267 e. The van der Waals surface area contributed by atoms with Crippen LogP contribution in [0.4, 0.5) is 5.95 Å². The van der Waals surface area contributed by atoms with Crippen molar-refractivity contribution in [1.82, 2.24) is 15.2 Å². The topological polar surface area (TPSA) is 97.0 Å². The maximum Gasteiger partial charge on any atom is 0.267 e. The fourth-order valence-electron chi connectivity index (χ4n) is 1.30. The molecule has 0 saturated carbocycles. The first-order valence-corrected chi connectivity index (χ1v) is 6.61. The third kappa shape index (κ3) is 2.54. The zero-order chi connectivity index (χ0) is 13.2. The molecule has 0 atom stereocenters. The van der Waals surface area contributed by atoms with Gasteiger partial charge in [-0.05, 0) is 12.1 Å². The molecule has 1 aromatic carbocycles. The molecule has 9 heteroatoms. The molecule has 0 saturated heterocycles. The predicted octanol–water partition coefficient (Wildman–Crippen LogP) is 1.27. The Morgan fingerprint density at radius 2 is 2.22 bits per heavy atom. The van der Waals surface area contributed by atoms with Gasteiger partial charge in [0, 0.05) is 11.1 Å². The fraction of sp³-hybridized carbons (Fsp3) is 0.111. The highest BCUT2D eigenvalue weighted by molar-refractivity contribution is 7.92. The number of hydrogen-bond acceptors (Lipinski definition) is 5. The van der Waals surface area contributed by atoms with Crippen molar-refractivity contribution in [1.29, 1.82) is 0 Å². The molecule has 2 aromatic rings. The number of halogens is 1. The molecule has 0 aliphatic heterocycles. The maximum absolute atomic E-state index is 12.1. The molecule has 0 unspecified atom stereocenters. The fourth-order valence-corrected chi connectivity index (χ4v) is 2.58. The normalized spacial score (nSPS) is 11.2. The molecule has 18 heavy (non-hydrogen) atoms. The van der Waals surface area contributed by atoms with Gasteiger partial charge in [0.25, 0.3) is 10.0 Å². The lowest BCUT2D eigenvalue weighted by atomic mass is 10.3. The molecular weight excluding hydrogens is 280 g/mol. The molecule has 0 aliphatic rings. The second kappa shape index (κ2) is 4.83. The van der Waals surface area contributed by atoms with Crippen LogP contribution in [0.3, 0.4) is 0 Å². The van der Waals surface area contributed by atoms with Crippen molar-refractivity contribution in [3.63, 3.8) is 0 Å². The zero-order valence-electron chi connectivity index (χ0n) is 9.21. The summed E-state index contributed by atoms with van der Waals surface area (Å²) >= 11 is 5.76. The highest BCUT2D eigenvalue weighted by Crippen LogP contribution is 2.27. The van der Waals surface area contributed by atoms with Crippen LogP contribution in [0.1, 0.15) is 0 Å². The van der Waals surface area contributed by atoms with E-state index in [0.717, 1.165) is 0 Å². The van der Waals surface area contributed by atoms with Crippen molar-refractivity contribution < 1.29 is 13.2 Å². The van der Waals surface area contributed by atoms with E-state index in [1.165, 1.54) is 31.6 Å². The van der Waals surface area contributed by atoms with Gasteiger partial charge in [0.2, 0.25) is 5.95 Å². The van der Waals surface area contributed by atoms with Crippen LogP contribution in [-0.4, -0.2) is 30.7 Å². The first-order chi connectivity index (χ1) is 8.53. The Hall–Kier alpha value is -1.80. The van der Waals surface area contributed by atoms with E-state index in [9.17, 15) is 8.42 Å². The van der Waals surface area contributed by atoms with E-state index in [4.69, 9.17) is 16.3 Å². The summed E-state index contributed by atoms with van der Waals surface area (Å²) in [5.41, 5.74) is 0. The van der Waals surface area contributed by atoms with Gasteiger partial charge in [0.15, 0.2) is 0 Å². The second-order valence-electron chi connectivity index (χ2n) is 3.23. The van der Waals surface area contributed by atoms with E-state index in [2.05, 4.69) is 19.9 Å². The minimum Gasteiger partial charge on any atom is -0.495 e. The summed E-state index contributed by atoms with van der Waals surface area (Å²) < 4.78 is 31.3. The van der Waals surface area contributed by atoms with Gasteiger partial charge in [0.05, 0.1) is 7.11 Å². The number of ether oxygens (including phenoxy) is 1. The van der Waals surface area contributed by atoms with E-state index in [1.807, 2.05) is 0 Å². The van der Waals surface area contributed by atoms with Crippen LogP contribution < -0.4 is 9.46 Å². The van der Waals surface area contributed by atoms with Crippen molar-refractivity contribution in [3.8, 4) is 5.75 Å². The van der Waals surface area contributed by atoms with Crippen molar-refractivity contribution in [3.05, 3.63) is 29.5 Å². The number of sulfonamides is 1. The van der Waals surface area contributed by atoms with Crippen molar-refractivity contribution in [2.45, 2.75) is 4.90 Å². The van der Waals surface area contributed by atoms with Gasteiger partial charge in [-0.15, -0.1) is 0 Å². The molecule has 0 spiro atoms. The van der Waals surface area contributed by atoms with Gasteiger partial charge in [-0.1, -0.05) is 11.6 Å². The van der Waals surface area contributed by atoms with E-state index >= 15 is 0 Å². The van der Waals surface area contributed by atoms with Crippen molar-refractivity contribution >= 4 is 27.6 Å². The lowest BCUT2D eigenvalue weighted by molar-refractivity contribution is 0.403. The molecule has 0 fully saturated rings. The van der Waals surface area contributed by atoms with Gasteiger partial charge in [-0.25, -0.2) is 18.2 Å². The summed E-state index contributed by atoms with van der Waals surface area (Å²) in [6.07, 6.45) is 1.19. The number of benzene rings is 1. The average Bonchev–Trinajstić information content (AvgIpc) is 2.80. The molecule has 1 heterocycles. The van der Waals surface area contributed by atoms with E-state index in [0.29, 0.717) is 5.02 Å². The number of H-pyrrole nitrogens is 1. The molecule has 0 amide bonds. The molecule has 0 bridgehead atoms. The standard InChI is InChI=1S/C9H9ClN4O3S/c1-17-7-4-6(10)2-3-8(7)18(15,16)14-9-11-5-12-13-9/h2-5H,1H3,(H2,11,12,13,14). The number of hydrogen-bond donors (Lipinski definition) is 2. The van der Waals surface area contributed by atoms with Gasteiger partial charge < -0.3 is 4.74 Å². The number of aromatic nitrogens is 3. The molecule has 2 N–H and O–H groups in total. The number of rotatable bonds is 4. The van der Waals surface area contributed by atoms with Crippen LogP contribution in [0.2, 0.25) is 5.02 Å². The van der Waals surface area contributed by atoms with E-state index in [1.54, 1.807) is 0 Å². The van der Waals surface area contributed by atoms with Gasteiger partial charge in [-0.2, -0.15) is 10.1 Å². The Morgan fingerprint density at radius 3 is 2.83 bits per heavy atom. The summed E-state index contributed by atoms with van der Waals surface area (Å²) in [5, 5.41) is 6.31. The highest BCUT2D eigenvalue weighted by atomic mass is 35.5. The summed E-state index contributed by atoms with van der Waals surface area (Å²) in [4.78, 5) is 3.64. The highest BCUT2D eigenvalue weighted by Gasteiger charge is 2.20. The Labute approximate surface area is 108 Å². The summed E-state index contributed by atoms with van der Waals surface area (Å²) in [6, 6.07) is 4.22. The average molecular weight is 289 g/mol. The number of aromatic amines is 1. The van der Waals surface area contributed by atoms with Gasteiger partial charge in [-0.3, -0.25) is 0 Å². The number of nitrogens with zero attached hydrogens (tertiary/aromatic N) is 2. The Morgan fingerprint density at radius 1 is 1.44 bits per heavy atom. The second-order valence-corrected chi connectivity index (χ2v) is 5.32. The number of nitrogens with one attached hydrogen (secondary N) is 2. The van der Waals surface area contributed by atoms with Crippen molar-refractivity contribution in [2.24, 2.45) is 0 Å². The van der Waals surface area contributed by atoms with E-state index in [-0.39, 0.29) is 16.6 Å². The first-order valence-electron chi connectivity index (χ1n) is 4.74. The summed E-state index contributed by atoms with van der Waals surface area (Å²) in [6.45, 7) is 0. The third-order valence-corrected chi connectivity index (χ3v) is 3.67.